The molecular formula is C19H21N5O2S. The van der Waals surface area contributed by atoms with Gasteiger partial charge in [-0.1, -0.05) is 0 Å². The predicted molar refractivity (Wildman–Crippen MR) is 106 cm³/mol. The second kappa shape index (κ2) is 8.22. The van der Waals surface area contributed by atoms with E-state index < -0.39 is 0 Å². The third-order valence-corrected chi connectivity index (χ3v) is 4.70. The van der Waals surface area contributed by atoms with Crippen LogP contribution >= 0.6 is 11.8 Å². The first kappa shape index (κ1) is 18.9. The summed E-state index contributed by atoms with van der Waals surface area (Å²) in [5, 5.41) is 7.31. The van der Waals surface area contributed by atoms with E-state index in [-0.39, 0.29) is 11.7 Å². The maximum absolute atomic E-state index is 12.4. The summed E-state index contributed by atoms with van der Waals surface area (Å²) >= 11 is 1.45. The number of hydrogen-bond acceptors (Lipinski definition) is 6. The summed E-state index contributed by atoms with van der Waals surface area (Å²) in [7, 11) is 1.63. The fourth-order valence-electron chi connectivity index (χ4n) is 2.54. The third kappa shape index (κ3) is 4.85. The van der Waals surface area contributed by atoms with Gasteiger partial charge in [0.15, 0.2) is 0 Å². The Bertz CT molecular complexity index is 933. The second-order valence-corrected chi connectivity index (χ2v) is 7.09. The first-order valence-electron chi connectivity index (χ1n) is 8.40. The molecule has 0 radical (unpaired) electrons. The molecule has 7 nitrogen and oxygen atoms in total. The highest BCUT2D eigenvalue weighted by atomic mass is 32.2. The number of thioether (sulfide) groups is 1. The molecule has 0 unspecified atom stereocenters. The van der Waals surface area contributed by atoms with E-state index in [9.17, 15) is 4.79 Å². The summed E-state index contributed by atoms with van der Waals surface area (Å²) in [5.41, 5.74) is 2.46. The van der Waals surface area contributed by atoms with E-state index in [1.54, 1.807) is 17.9 Å². The number of nitrogens with zero attached hydrogens (tertiary/aromatic N) is 4. The number of carbonyl (C=O) groups excluding carboxylic acids is 1. The van der Waals surface area contributed by atoms with Crippen molar-refractivity contribution in [1.29, 1.82) is 0 Å². The molecule has 0 fully saturated rings. The molecule has 140 valence electrons. The lowest BCUT2D eigenvalue weighted by atomic mass is 10.3. The zero-order chi connectivity index (χ0) is 19.4. The van der Waals surface area contributed by atoms with Crippen LogP contribution < -0.4 is 10.1 Å². The minimum Gasteiger partial charge on any atom is -0.497 e. The number of ether oxygens (including phenoxy) is 1. The molecule has 3 rings (SSSR count). The number of anilines is 1. The van der Waals surface area contributed by atoms with Crippen molar-refractivity contribution in [2.24, 2.45) is 0 Å². The number of methoxy groups -OCH3 is 1. The third-order valence-electron chi connectivity index (χ3n) is 3.69. The van der Waals surface area contributed by atoms with Gasteiger partial charge in [-0.3, -0.25) is 4.79 Å². The summed E-state index contributed by atoms with van der Waals surface area (Å²) < 4.78 is 6.70. The summed E-state index contributed by atoms with van der Waals surface area (Å²) in [5.74, 6) is 1.94. The number of nitrogens with one attached hydrogen (secondary N) is 1. The van der Waals surface area contributed by atoms with Crippen LogP contribution in [-0.4, -0.2) is 38.5 Å². The molecule has 1 N–H and O–H groups in total. The van der Waals surface area contributed by atoms with Crippen molar-refractivity contribution >= 4 is 23.5 Å². The smallest absolute Gasteiger partial charge is 0.252 e. The summed E-state index contributed by atoms with van der Waals surface area (Å²) in [4.78, 5) is 22.2. The topological polar surface area (TPSA) is 81.9 Å². The standard InChI is InChI=1S/C19H21N5O2S/c1-12-9-13(2)21-19(20-12)24-17(10-14(3)23-24)22-18(25)11-27-16-7-5-15(26-4)6-8-16/h5-10H,11H2,1-4H3,(H,22,25). The van der Waals surface area contributed by atoms with Crippen LogP contribution in [0.5, 0.6) is 5.75 Å². The van der Waals surface area contributed by atoms with E-state index in [0.717, 1.165) is 27.7 Å². The highest BCUT2D eigenvalue weighted by molar-refractivity contribution is 8.00. The molecule has 0 saturated heterocycles. The van der Waals surface area contributed by atoms with Crippen molar-refractivity contribution in [3.63, 3.8) is 0 Å². The molecule has 8 heteroatoms. The summed E-state index contributed by atoms with van der Waals surface area (Å²) in [6.07, 6.45) is 0. The highest BCUT2D eigenvalue weighted by Gasteiger charge is 2.14. The molecule has 0 atom stereocenters. The number of aromatic nitrogens is 4. The van der Waals surface area contributed by atoms with Crippen molar-refractivity contribution in [3.05, 3.63) is 53.5 Å². The monoisotopic (exact) mass is 383 g/mol. The van der Waals surface area contributed by atoms with Crippen molar-refractivity contribution in [3.8, 4) is 11.7 Å². The van der Waals surface area contributed by atoms with Crippen LogP contribution in [0.1, 0.15) is 17.1 Å². The van der Waals surface area contributed by atoms with E-state index in [1.165, 1.54) is 11.8 Å². The van der Waals surface area contributed by atoms with Crippen molar-refractivity contribution in [1.82, 2.24) is 19.7 Å². The molecule has 0 aliphatic rings. The number of rotatable bonds is 6. The van der Waals surface area contributed by atoms with Crippen LogP contribution in [0.2, 0.25) is 0 Å². The predicted octanol–water partition coefficient (Wildman–Crippen LogP) is 3.33. The number of carbonyl (C=O) groups is 1. The van der Waals surface area contributed by atoms with Crippen LogP contribution in [0.4, 0.5) is 5.82 Å². The fourth-order valence-corrected chi connectivity index (χ4v) is 3.24. The van der Waals surface area contributed by atoms with Crippen molar-refractivity contribution < 1.29 is 9.53 Å². The Hall–Kier alpha value is -2.87. The minimum absolute atomic E-state index is 0.124. The second-order valence-electron chi connectivity index (χ2n) is 6.05. The molecule has 3 aromatic rings. The van der Waals surface area contributed by atoms with Crippen molar-refractivity contribution in [2.45, 2.75) is 25.7 Å². The lowest BCUT2D eigenvalue weighted by molar-refractivity contribution is -0.113. The Morgan fingerprint density at radius 1 is 1.07 bits per heavy atom. The van der Waals surface area contributed by atoms with Gasteiger partial charge < -0.3 is 10.1 Å². The molecule has 2 aromatic heterocycles. The van der Waals surface area contributed by atoms with Crippen LogP contribution in [0.3, 0.4) is 0 Å². The molecule has 2 heterocycles. The molecule has 1 amide bonds. The molecule has 0 aliphatic carbocycles. The quantitative estimate of drug-likeness (QED) is 0.658. The van der Waals surface area contributed by atoms with Gasteiger partial charge in [0.25, 0.3) is 5.95 Å². The number of aryl methyl sites for hydroxylation is 3. The Labute approximate surface area is 162 Å². The van der Waals surface area contributed by atoms with Crippen molar-refractivity contribution in [2.75, 3.05) is 18.2 Å². The first-order valence-corrected chi connectivity index (χ1v) is 9.39. The van der Waals surface area contributed by atoms with Gasteiger partial charge in [-0.2, -0.15) is 9.78 Å². The zero-order valence-electron chi connectivity index (χ0n) is 15.7. The van der Waals surface area contributed by atoms with E-state index in [4.69, 9.17) is 4.74 Å². The number of amides is 1. The van der Waals surface area contributed by atoms with Gasteiger partial charge in [-0.05, 0) is 51.1 Å². The van der Waals surface area contributed by atoms with E-state index in [1.807, 2.05) is 51.1 Å². The molecule has 0 aliphatic heterocycles. The summed E-state index contributed by atoms with van der Waals surface area (Å²) in [6.45, 7) is 5.66. The molecule has 27 heavy (non-hydrogen) atoms. The maximum atomic E-state index is 12.4. The average Bonchev–Trinajstić information content (AvgIpc) is 3.00. The number of hydrogen-bond donors (Lipinski definition) is 1. The van der Waals surface area contributed by atoms with E-state index >= 15 is 0 Å². The minimum atomic E-state index is -0.124. The first-order chi connectivity index (χ1) is 12.9. The van der Waals surface area contributed by atoms with Gasteiger partial charge >= 0.3 is 0 Å². The van der Waals surface area contributed by atoms with E-state index in [0.29, 0.717) is 11.8 Å². The summed E-state index contributed by atoms with van der Waals surface area (Å²) in [6, 6.07) is 11.3. The normalized spacial score (nSPS) is 10.7. The van der Waals surface area contributed by atoms with Gasteiger partial charge in [0.1, 0.15) is 11.6 Å². The van der Waals surface area contributed by atoms with Gasteiger partial charge in [-0.15, -0.1) is 11.8 Å². The highest BCUT2D eigenvalue weighted by Crippen LogP contribution is 2.22. The van der Waals surface area contributed by atoms with Crippen LogP contribution in [-0.2, 0) is 4.79 Å². The Balaban J connectivity index is 1.70. The van der Waals surface area contributed by atoms with Gasteiger partial charge in [0.2, 0.25) is 5.91 Å². The average molecular weight is 383 g/mol. The molecule has 0 saturated carbocycles. The molecule has 1 aromatic carbocycles. The molecule has 0 bridgehead atoms. The Kier molecular flexibility index (Phi) is 5.75. The van der Waals surface area contributed by atoms with Crippen LogP contribution in [0.15, 0.2) is 41.3 Å². The van der Waals surface area contributed by atoms with Gasteiger partial charge in [-0.25, -0.2) is 9.97 Å². The lowest BCUT2D eigenvalue weighted by Crippen LogP contribution is -2.18. The molecular weight excluding hydrogens is 362 g/mol. The fraction of sp³-hybridized carbons (Fsp3) is 0.263. The Morgan fingerprint density at radius 3 is 2.37 bits per heavy atom. The lowest BCUT2D eigenvalue weighted by Gasteiger charge is -2.09. The molecule has 0 spiro atoms. The largest absolute Gasteiger partial charge is 0.497 e. The SMILES string of the molecule is COc1ccc(SCC(=O)Nc2cc(C)nn2-c2nc(C)cc(C)n2)cc1. The number of benzene rings is 1. The van der Waals surface area contributed by atoms with Crippen LogP contribution in [0, 0.1) is 20.8 Å². The maximum Gasteiger partial charge on any atom is 0.252 e. The van der Waals surface area contributed by atoms with Gasteiger partial charge in [0, 0.05) is 22.3 Å². The van der Waals surface area contributed by atoms with E-state index in [2.05, 4.69) is 20.4 Å². The zero-order valence-corrected chi connectivity index (χ0v) is 16.5. The Morgan fingerprint density at radius 2 is 1.74 bits per heavy atom. The van der Waals surface area contributed by atoms with Gasteiger partial charge in [0.05, 0.1) is 18.6 Å². The van der Waals surface area contributed by atoms with Crippen LogP contribution in [0.25, 0.3) is 5.95 Å².